The number of nitrogens with zero attached hydrogens (tertiary/aromatic N) is 1. The molecule has 1 heterocycles. The number of hydrogen-bond donors (Lipinski definition) is 1. The van der Waals surface area contributed by atoms with Crippen LogP contribution in [0.2, 0.25) is 0 Å². The lowest BCUT2D eigenvalue weighted by molar-refractivity contribution is 0.419. The highest BCUT2D eigenvalue weighted by Crippen LogP contribution is 2.34. The Bertz CT molecular complexity index is 574. The van der Waals surface area contributed by atoms with Crippen LogP contribution >= 0.6 is 0 Å². The lowest BCUT2D eigenvalue weighted by Crippen LogP contribution is -1.93. The van der Waals surface area contributed by atoms with Gasteiger partial charge in [0.15, 0.2) is 5.75 Å². The minimum Gasteiger partial charge on any atom is -0.504 e. The number of aromatic hydroxyl groups is 1. The Kier molecular flexibility index (Phi) is 3.20. The van der Waals surface area contributed by atoms with Crippen LogP contribution < -0.4 is 0 Å². The molecule has 0 spiro atoms. The van der Waals surface area contributed by atoms with E-state index in [1.807, 2.05) is 12.1 Å². The Morgan fingerprint density at radius 1 is 1.00 bits per heavy atom. The molecule has 0 amide bonds. The third-order valence-electron chi connectivity index (χ3n) is 3.86. The fourth-order valence-electron chi connectivity index (χ4n) is 2.77. The Morgan fingerprint density at radius 2 is 1.68 bits per heavy atom. The van der Waals surface area contributed by atoms with Crippen molar-refractivity contribution in [1.29, 1.82) is 0 Å². The first-order valence-electron chi connectivity index (χ1n) is 6.70. The van der Waals surface area contributed by atoms with E-state index in [0.717, 1.165) is 5.56 Å². The van der Waals surface area contributed by atoms with Crippen LogP contribution in [0.4, 0.5) is 4.39 Å². The molecule has 1 aliphatic rings. The van der Waals surface area contributed by atoms with Crippen molar-refractivity contribution in [2.45, 2.75) is 31.6 Å². The maximum absolute atomic E-state index is 13.2. The van der Waals surface area contributed by atoms with E-state index in [0.29, 0.717) is 11.6 Å². The topological polar surface area (TPSA) is 33.1 Å². The van der Waals surface area contributed by atoms with E-state index in [-0.39, 0.29) is 0 Å². The van der Waals surface area contributed by atoms with Crippen molar-refractivity contribution < 1.29 is 9.50 Å². The van der Waals surface area contributed by atoms with Gasteiger partial charge in [-0.2, -0.15) is 4.39 Å². The van der Waals surface area contributed by atoms with E-state index < -0.39 is 11.7 Å². The zero-order valence-corrected chi connectivity index (χ0v) is 10.6. The molecule has 2 nitrogen and oxygen atoms in total. The molecule has 0 unspecified atom stereocenters. The molecule has 1 aliphatic carbocycles. The quantitative estimate of drug-likeness (QED) is 0.816. The molecule has 1 aromatic heterocycles. The van der Waals surface area contributed by atoms with Crippen LogP contribution in [0.3, 0.4) is 0 Å². The summed E-state index contributed by atoms with van der Waals surface area (Å²) in [5.74, 6) is -0.553. The van der Waals surface area contributed by atoms with Gasteiger partial charge in [0.2, 0.25) is 0 Å². The van der Waals surface area contributed by atoms with Gasteiger partial charge in [-0.25, -0.2) is 4.98 Å². The van der Waals surface area contributed by atoms with E-state index in [2.05, 4.69) is 17.1 Å². The van der Waals surface area contributed by atoms with Gasteiger partial charge in [0.1, 0.15) is 0 Å². The first-order chi connectivity index (χ1) is 9.24. The zero-order valence-electron chi connectivity index (χ0n) is 10.6. The number of benzene rings is 1. The standard InChI is InChI=1S/C16H16FNO/c17-16-15(19)10-9-14(18-16)13-7-5-12(6-8-13)11-3-1-2-4-11/h5-11,19H,1-4H2. The average molecular weight is 257 g/mol. The maximum Gasteiger partial charge on any atom is 0.255 e. The van der Waals surface area contributed by atoms with Gasteiger partial charge >= 0.3 is 0 Å². The van der Waals surface area contributed by atoms with Gasteiger partial charge in [-0.3, -0.25) is 0 Å². The first kappa shape index (κ1) is 12.2. The predicted molar refractivity (Wildman–Crippen MR) is 72.5 cm³/mol. The summed E-state index contributed by atoms with van der Waals surface area (Å²) in [7, 11) is 0. The average Bonchev–Trinajstić information content (AvgIpc) is 2.96. The van der Waals surface area contributed by atoms with Crippen molar-refractivity contribution >= 4 is 0 Å². The number of hydrogen-bond acceptors (Lipinski definition) is 2. The van der Waals surface area contributed by atoms with Crippen molar-refractivity contribution in [3.8, 4) is 17.0 Å². The summed E-state index contributed by atoms with van der Waals surface area (Å²) >= 11 is 0. The molecular weight excluding hydrogens is 241 g/mol. The Hall–Kier alpha value is -1.90. The number of pyridine rings is 1. The Labute approximate surface area is 111 Å². The molecule has 1 fully saturated rings. The lowest BCUT2D eigenvalue weighted by Gasteiger charge is -2.10. The molecule has 0 radical (unpaired) electrons. The van der Waals surface area contributed by atoms with Gasteiger partial charge in [-0.1, -0.05) is 37.1 Å². The molecule has 0 bridgehead atoms. The minimum atomic E-state index is -0.822. The molecule has 0 atom stereocenters. The summed E-state index contributed by atoms with van der Waals surface area (Å²) in [5, 5.41) is 9.14. The van der Waals surface area contributed by atoms with Gasteiger partial charge in [-0.15, -0.1) is 0 Å². The van der Waals surface area contributed by atoms with E-state index >= 15 is 0 Å². The summed E-state index contributed by atoms with van der Waals surface area (Å²) in [5.41, 5.74) is 2.79. The van der Waals surface area contributed by atoms with Gasteiger partial charge in [0.05, 0.1) is 5.69 Å². The van der Waals surface area contributed by atoms with Crippen LogP contribution in [-0.2, 0) is 0 Å². The van der Waals surface area contributed by atoms with E-state index in [4.69, 9.17) is 5.11 Å². The zero-order chi connectivity index (χ0) is 13.2. The minimum absolute atomic E-state index is 0.411. The predicted octanol–water partition coefficient (Wildman–Crippen LogP) is 4.25. The van der Waals surface area contributed by atoms with Gasteiger partial charge < -0.3 is 5.11 Å². The monoisotopic (exact) mass is 257 g/mol. The fourth-order valence-corrected chi connectivity index (χ4v) is 2.77. The highest BCUT2D eigenvalue weighted by Gasteiger charge is 2.16. The molecule has 19 heavy (non-hydrogen) atoms. The van der Waals surface area contributed by atoms with Crippen molar-refractivity contribution in [2.24, 2.45) is 0 Å². The summed E-state index contributed by atoms with van der Waals surface area (Å²) in [6.45, 7) is 0. The van der Waals surface area contributed by atoms with Gasteiger partial charge in [0, 0.05) is 5.56 Å². The van der Waals surface area contributed by atoms with Crippen LogP contribution in [0.1, 0.15) is 37.2 Å². The molecule has 3 rings (SSSR count). The van der Waals surface area contributed by atoms with E-state index in [1.165, 1.54) is 37.3 Å². The molecule has 0 saturated heterocycles. The van der Waals surface area contributed by atoms with Gasteiger partial charge in [-0.05, 0) is 36.5 Å². The van der Waals surface area contributed by atoms with Crippen molar-refractivity contribution in [3.05, 3.63) is 47.9 Å². The first-order valence-corrected chi connectivity index (χ1v) is 6.70. The van der Waals surface area contributed by atoms with Crippen LogP contribution in [0.5, 0.6) is 5.75 Å². The lowest BCUT2D eigenvalue weighted by atomic mass is 9.96. The van der Waals surface area contributed by atoms with Gasteiger partial charge in [0.25, 0.3) is 5.95 Å². The highest BCUT2D eigenvalue weighted by molar-refractivity contribution is 5.60. The normalized spacial score (nSPS) is 15.8. The Morgan fingerprint density at radius 3 is 2.32 bits per heavy atom. The van der Waals surface area contributed by atoms with Crippen LogP contribution in [0, 0.1) is 5.95 Å². The molecule has 1 aromatic carbocycles. The van der Waals surface area contributed by atoms with Crippen LogP contribution in [-0.4, -0.2) is 10.1 Å². The summed E-state index contributed by atoms with van der Waals surface area (Å²) in [4.78, 5) is 3.75. The second-order valence-corrected chi connectivity index (χ2v) is 5.11. The number of aromatic nitrogens is 1. The second kappa shape index (κ2) is 5.00. The smallest absolute Gasteiger partial charge is 0.255 e. The number of halogens is 1. The molecule has 98 valence electrons. The molecular formula is C16H16FNO. The number of rotatable bonds is 2. The molecule has 1 saturated carbocycles. The highest BCUT2D eigenvalue weighted by atomic mass is 19.1. The largest absolute Gasteiger partial charge is 0.504 e. The summed E-state index contributed by atoms with van der Waals surface area (Å²) in [6.07, 6.45) is 5.17. The molecule has 0 aliphatic heterocycles. The summed E-state index contributed by atoms with van der Waals surface area (Å²) < 4.78 is 13.2. The van der Waals surface area contributed by atoms with Crippen molar-refractivity contribution in [1.82, 2.24) is 4.98 Å². The maximum atomic E-state index is 13.2. The van der Waals surface area contributed by atoms with Crippen LogP contribution in [0.25, 0.3) is 11.3 Å². The Balaban J connectivity index is 1.87. The summed E-state index contributed by atoms with van der Waals surface area (Å²) in [6, 6.07) is 11.1. The van der Waals surface area contributed by atoms with E-state index in [9.17, 15) is 4.39 Å². The second-order valence-electron chi connectivity index (χ2n) is 5.11. The third kappa shape index (κ3) is 2.46. The van der Waals surface area contributed by atoms with Crippen molar-refractivity contribution in [2.75, 3.05) is 0 Å². The molecule has 2 aromatic rings. The SMILES string of the molecule is Oc1ccc(-c2ccc(C3CCCC3)cc2)nc1F. The molecule has 1 N–H and O–H groups in total. The third-order valence-corrected chi connectivity index (χ3v) is 3.86. The van der Waals surface area contributed by atoms with Crippen LogP contribution in [0.15, 0.2) is 36.4 Å². The fraction of sp³-hybridized carbons (Fsp3) is 0.312. The van der Waals surface area contributed by atoms with Crippen molar-refractivity contribution in [3.63, 3.8) is 0 Å². The van der Waals surface area contributed by atoms with E-state index in [1.54, 1.807) is 6.07 Å². The molecule has 3 heteroatoms.